The third kappa shape index (κ3) is 2.93. The van der Waals surface area contributed by atoms with Gasteiger partial charge >= 0.3 is 0 Å². The molecule has 1 aliphatic carbocycles. The van der Waals surface area contributed by atoms with E-state index in [9.17, 15) is 4.79 Å². The Bertz CT molecular complexity index is 933. The molecular weight excluding hydrogens is 316 g/mol. The molecule has 25 heavy (non-hydrogen) atoms. The number of nitrogens with zero attached hydrogens (tertiary/aromatic N) is 4. The SMILES string of the molecule is Cc1nc(C)n(-c2ccc(C(=O)Nc3n[nH]c(C4CC4)c3C)cc2)n1. The quantitative estimate of drug-likeness (QED) is 0.766. The molecule has 1 amide bonds. The number of carbonyl (C=O) groups excluding carboxylic acids is 1. The lowest BCUT2D eigenvalue weighted by Crippen LogP contribution is -2.13. The number of hydrogen-bond acceptors (Lipinski definition) is 4. The summed E-state index contributed by atoms with van der Waals surface area (Å²) in [7, 11) is 0. The average Bonchev–Trinajstić information content (AvgIpc) is 3.30. The van der Waals surface area contributed by atoms with Crippen molar-refractivity contribution < 1.29 is 4.79 Å². The summed E-state index contributed by atoms with van der Waals surface area (Å²) < 4.78 is 1.76. The van der Waals surface area contributed by atoms with Gasteiger partial charge in [-0.3, -0.25) is 9.89 Å². The van der Waals surface area contributed by atoms with Gasteiger partial charge in [-0.1, -0.05) is 0 Å². The summed E-state index contributed by atoms with van der Waals surface area (Å²) in [4.78, 5) is 16.8. The van der Waals surface area contributed by atoms with Gasteiger partial charge in [-0.2, -0.15) is 10.2 Å². The van der Waals surface area contributed by atoms with Crippen molar-refractivity contribution in [2.24, 2.45) is 0 Å². The predicted octanol–water partition coefficient (Wildman–Crippen LogP) is 3.05. The molecule has 1 fully saturated rings. The highest BCUT2D eigenvalue weighted by molar-refractivity contribution is 6.04. The Morgan fingerprint density at radius 3 is 2.52 bits per heavy atom. The predicted molar refractivity (Wildman–Crippen MR) is 94.1 cm³/mol. The molecule has 1 aliphatic rings. The van der Waals surface area contributed by atoms with Gasteiger partial charge in [-0.15, -0.1) is 0 Å². The number of amides is 1. The van der Waals surface area contributed by atoms with Crippen molar-refractivity contribution in [2.45, 2.75) is 39.5 Å². The first kappa shape index (κ1) is 15.6. The highest BCUT2D eigenvalue weighted by atomic mass is 16.1. The minimum atomic E-state index is -0.171. The van der Waals surface area contributed by atoms with Gasteiger partial charge in [-0.25, -0.2) is 9.67 Å². The fourth-order valence-electron chi connectivity index (χ4n) is 3.00. The monoisotopic (exact) mass is 336 g/mol. The first-order valence-electron chi connectivity index (χ1n) is 8.40. The molecule has 2 heterocycles. The first-order valence-corrected chi connectivity index (χ1v) is 8.40. The normalized spacial score (nSPS) is 13.9. The zero-order valence-corrected chi connectivity index (χ0v) is 14.5. The van der Waals surface area contributed by atoms with E-state index in [-0.39, 0.29) is 5.91 Å². The molecule has 1 aromatic carbocycles. The number of aryl methyl sites for hydroxylation is 2. The smallest absolute Gasteiger partial charge is 0.256 e. The van der Waals surface area contributed by atoms with Crippen molar-refractivity contribution in [3.05, 3.63) is 52.7 Å². The van der Waals surface area contributed by atoms with E-state index in [4.69, 9.17) is 0 Å². The van der Waals surface area contributed by atoms with E-state index in [1.807, 2.05) is 32.9 Å². The summed E-state index contributed by atoms with van der Waals surface area (Å²) in [5.74, 6) is 2.55. The maximum atomic E-state index is 12.5. The lowest BCUT2D eigenvalue weighted by atomic mass is 10.1. The molecule has 0 saturated heterocycles. The molecule has 4 rings (SSSR count). The van der Waals surface area contributed by atoms with E-state index in [0.29, 0.717) is 17.3 Å². The third-order valence-corrected chi connectivity index (χ3v) is 4.51. The fraction of sp³-hybridized carbons (Fsp3) is 0.333. The Morgan fingerprint density at radius 2 is 1.92 bits per heavy atom. The van der Waals surface area contributed by atoms with Crippen molar-refractivity contribution >= 4 is 11.7 Å². The molecule has 128 valence electrons. The number of carbonyl (C=O) groups is 1. The molecule has 0 radical (unpaired) electrons. The van der Waals surface area contributed by atoms with Crippen molar-refractivity contribution in [3.63, 3.8) is 0 Å². The lowest BCUT2D eigenvalue weighted by molar-refractivity contribution is 0.102. The molecule has 0 atom stereocenters. The van der Waals surface area contributed by atoms with Crippen LogP contribution in [0.1, 0.15) is 52.0 Å². The molecule has 0 aliphatic heterocycles. The third-order valence-electron chi connectivity index (χ3n) is 4.51. The van der Waals surface area contributed by atoms with Crippen LogP contribution in [-0.2, 0) is 0 Å². The minimum Gasteiger partial charge on any atom is -0.305 e. The van der Waals surface area contributed by atoms with Crippen LogP contribution in [0.5, 0.6) is 0 Å². The Hall–Kier alpha value is -2.96. The second-order valence-electron chi connectivity index (χ2n) is 6.50. The number of rotatable bonds is 4. The number of H-pyrrole nitrogens is 1. The molecule has 0 unspecified atom stereocenters. The number of anilines is 1. The molecule has 7 heteroatoms. The highest BCUT2D eigenvalue weighted by Crippen LogP contribution is 2.41. The van der Waals surface area contributed by atoms with Gasteiger partial charge in [0.15, 0.2) is 5.82 Å². The molecule has 7 nitrogen and oxygen atoms in total. The summed E-state index contributed by atoms with van der Waals surface area (Å²) in [6, 6.07) is 7.29. The van der Waals surface area contributed by atoms with Crippen LogP contribution in [0.15, 0.2) is 24.3 Å². The average molecular weight is 336 g/mol. The van der Waals surface area contributed by atoms with Crippen LogP contribution in [0.2, 0.25) is 0 Å². The van der Waals surface area contributed by atoms with E-state index in [1.54, 1.807) is 16.8 Å². The van der Waals surface area contributed by atoms with Crippen molar-refractivity contribution in [3.8, 4) is 5.69 Å². The Kier molecular flexibility index (Phi) is 3.63. The second-order valence-corrected chi connectivity index (χ2v) is 6.50. The van der Waals surface area contributed by atoms with Crippen LogP contribution in [0.3, 0.4) is 0 Å². The van der Waals surface area contributed by atoms with Crippen molar-refractivity contribution in [1.82, 2.24) is 25.0 Å². The first-order chi connectivity index (χ1) is 12.0. The maximum absolute atomic E-state index is 12.5. The number of aromatic nitrogens is 5. The van der Waals surface area contributed by atoms with Crippen molar-refractivity contribution in [2.75, 3.05) is 5.32 Å². The molecule has 3 aromatic rings. The highest BCUT2D eigenvalue weighted by Gasteiger charge is 2.28. The van der Waals surface area contributed by atoms with E-state index < -0.39 is 0 Å². The lowest BCUT2D eigenvalue weighted by Gasteiger charge is -2.06. The number of nitrogens with one attached hydrogen (secondary N) is 2. The summed E-state index contributed by atoms with van der Waals surface area (Å²) in [5, 5.41) is 14.5. The molecule has 0 spiro atoms. The van der Waals surface area contributed by atoms with E-state index in [0.717, 1.165) is 28.6 Å². The Balaban J connectivity index is 1.52. The largest absolute Gasteiger partial charge is 0.305 e. The van der Waals surface area contributed by atoms with Gasteiger partial charge in [0.05, 0.1) is 5.69 Å². The van der Waals surface area contributed by atoms with Crippen LogP contribution in [0, 0.1) is 20.8 Å². The van der Waals surface area contributed by atoms with Gasteiger partial charge in [0, 0.05) is 22.7 Å². The van der Waals surface area contributed by atoms with E-state index in [1.165, 1.54) is 12.8 Å². The standard InChI is InChI=1S/C18H20N6O/c1-10-16(13-4-5-13)21-22-17(10)20-18(25)14-6-8-15(9-7-14)24-12(3)19-11(2)23-24/h6-9,13H,4-5H2,1-3H3,(H2,20,21,22,25). The van der Waals surface area contributed by atoms with Crippen LogP contribution in [0.4, 0.5) is 5.82 Å². The summed E-state index contributed by atoms with van der Waals surface area (Å²) in [5.41, 5.74) is 3.62. The second kappa shape index (κ2) is 5.84. The summed E-state index contributed by atoms with van der Waals surface area (Å²) in [6.45, 7) is 5.75. The van der Waals surface area contributed by atoms with Crippen LogP contribution in [-0.4, -0.2) is 30.9 Å². The van der Waals surface area contributed by atoms with Gasteiger partial charge in [0.2, 0.25) is 0 Å². The molecule has 2 aromatic heterocycles. The van der Waals surface area contributed by atoms with Crippen LogP contribution >= 0.6 is 0 Å². The van der Waals surface area contributed by atoms with Crippen LogP contribution < -0.4 is 5.32 Å². The number of benzene rings is 1. The number of aromatic amines is 1. The Labute approximate surface area is 145 Å². The fourth-order valence-corrected chi connectivity index (χ4v) is 3.00. The van der Waals surface area contributed by atoms with Crippen molar-refractivity contribution in [1.29, 1.82) is 0 Å². The van der Waals surface area contributed by atoms with E-state index in [2.05, 4.69) is 25.6 Å². The molecule has 2 N–H and O–H groups in total. The molecular formula is C18H20N6O. The maximum Gasteiger partial charge on any atom is 0.256 e. The van der Waals surface area contributed by atoms with Gasteiger partial charge in [-0.05, 0) is 57.9 Å². The van der Waals surface area contributed by atoms with Gasteiger partial charge in [0.1, 0.15) is 11.6 Å². The summed E-state index contributed by atoms with van der Waals surface area (Å²) >= 11 is 0. The summed E-state index contributed by atoms with van der Waals surface area (Å²) in [6.07, 6.45) is 2.39. The molecule has 0 bridgehead atoms. The topological polar surface area (TPSA) is 88.5 Å². The Morgan fingerprint density at radius 1 is 1.20 bits per heavy atom. The minimum absolute atomic E-state index is 0.171. The van der Waals surface area contributed by atoms with Crippen LogP contribution in [0.25, 0.3) is 5.69 Å². The zero-order valence-electron chi connectivity index (χ0n) is 14.5. The van der Waals surface area contributed by atoms with Gasteiger partial charge < -0.3 is 5.32 Å². The molecule has 1 saturated carbocycles. The number of hydrogen-bond donors (Lipinski definition) is 2. The van der Waals surface area contributed by atoms with Gasteiger partial charge in [0.25, 0.3) is 5.91 Å². The van der Waals surface area contributed by atoms with E-state index >= 15 is 0 Å². The zero-order chi connectivity index (χ0) is 17.6.